The average Bonchev–Trinajstić information content (AvgIpc) is 2.67. The number of rotatable bonds is 6. The average molecular weight is 420 g/mol. The van der Waals surface area contributed by atoms with Crippen LogP contribution in [0.2, 0.25) is 0 Å². The molecule has 2 aromatic carbocycles. The molecule has 0 radical (unpaired) electrons. The Bertz CT molecular complexity index is 1040. The summed E-state index contributed by atoms with van der Waals surface area (Å²) < 4.78 is 43.6. The Morgan fingerprint density at radius 1 is 1.17 bits per heavy atom. The van der Waals surface area contributed by atoms with E-state index in [0.717, 1.165) is 33.6 Å². The monoisotopic (exact) mass is 420 g/mol. The minimum atomic E-state index is -4.45. The molecule has 1 amide bonds. The number of halogens is 3. The summed E-state index contributed by atoms with van der Waals surface area (Å²) in [7, 11) is 1.59. The first-order valence-electron chi connectivity index (χ1n) is 8.82. The normalized spacial score (nSPS) is 11.5. The number of amides is 1. The van der Waals surface area contributed by atoms with Crippen LogP contribution in [0.15, 0.2) is 53.6 Å². The standard InChI is InChI=1S/C21H19F3N2O2S/c1-13-11-19(26-20-16(13)7-4-8-17(20)28-2)29-10-9-18(27)25-15-6-3-5-14(12-15)21(22,23)24/h3-8,11-12H,9-10H2,1-2H3,(H,25,27). The number of nitrogens with zero attached hydrogens (tertiary/aromatic N) is 1. The van der Waals surface area contributed by atoms with Crippen LogP contribution in [0.3, 0.4) is 0 Å². The maximum Gasteiger partial charge on any atom is 0.416 e. The van der Waals surface area contributed by atoms with Crippen molar-refractivity contribution in [3.05, 3.63) is 59.7 Å². The lowest BCUT2D eigenvalue weighted by atomic mass is 10.1. The number of hydrogen-bond donors (Lipinski definition) is 1. The zero-order valence-corrected chi connectivity index (χ0v) is 16.7. The van der Waals surface area contributed by atoms with E-state index in [2.05, 4.69) is 10.3 Å². The molecule has 152 valence electrons. The lowest BCUT2D eigenvalue weighted by Crippen LogP contribution is -2.13. The molecule has 1 aromatic heterocycles. The van der Waals surface area contributed by atoms with Gasteiger partial charge in [-0.15, -0.1) is 11.8 Å². The van der Waals surface area contributed by atoms with Crippen molar-refractivity contribution in [2.45, 2.75) is 24.5 Å². The number of ether oxygens (including phenoxy) is 1. The van der Waals surface area contributed by atoms with Crippen LogP contribution in [-0.4, -0.2) is 23.8 Å². The van der Waals surface area contributed by atoms with E-state index in [4.69, 9.17) is 4.74 Å². The van der Waals surface area contributed by atoms with Gasteiger partial charge in [0.15, 0.2) is 0 Å². The number of hydrogen-bond acceptors (Lipinski definition) is 4. The van der Waals surface area contributed by atoms with E-state index in [0.29, 0.717) is 11.5 Å². The van der Waals surface area contributed by atoms with Gasteiger partial charge in [-0.25, -0.2) is 4.98 Å². The van der Waals surface area contributed by atoms with Gasteiger partial charge in [0.25, 0.3) is 0 Å². The van der Waals surface area contributed by atoms with Gasteiger partial charge in [0.1, 0.15) is 11.3 Å². The van der Waals surface area contributed by atoms with E-state index < -0.39 is 11.7 Å². The van der Waals surface area contributed by atoms with E-state index in [9.17, 15) is 18.0 Å². The number of nitrogens with one attached hydrogen (secondary N) is 1. The molecule has 0 saturated heterocycles. The summed E-state index contributed by atoms with van der Waals surface area (Å²) in [6, 6.07) is 12.2. The third kappa shape index (κ3) is 5.20. The number of anilines is 1. The lowest BCUT2D eigenvalue weighted by Gasteiger charge is -2.10. The van der Waals surface area contributed by atoms with E-state index in [-0.39, 0.29) is 18.0 Å². The molecule has 0 saturated carbocycles. The molecule has 3 aromatic rings. The maximum absolute atomic E-state index is 12.8. The van der Waals surface area contributed by atoms with Gasteiger partial charge in [-0.1, -0.05) is 18.2 Å². The zero-order chi connectivity index (χ0) is 21.0. The molecule has 3 rings (SSSR count). The van der Waals surface area contributed by atoms with Crippen LogP contribution in [0.4, 0.5) is 18.9 Å². The van der Waals surface area contributed by atoms with Crippen molar-refractivity contribution in [3.8, 4) is 5.75 Å². The van der Waals surface area contributed by atoms with Crippen molar-refractivity contribution in [1.82, 2.24) is 4.98 Å². The van der Waals surface area contributed by atoms with E-state index in [1.165, 1.54) is 23.9 Å². The molecular weight excluding hydrogens is 401 g/mol. The number of carbonyl (C=O) groups is 1. The molecule has 0 aliphatic carbocycles. The highest BCUT2D eigenvalue weighted by atomic mass is 32.2. The summed E-state index contributed by atoms with van der Waals surface area (Å²) in [5.74, 6) is 0.764. The van der Waals surface area contributed by atoms with Crippen LogP contribution in [0.25, 0.3) is 10.9 Å². The molecule has 0 spiro atoms. The van der Waals surface area contributed by atoms with Gasteiger partial charge < -0.3 is 10.1 Å². The van der Waals surface area contributed by atoms with Crippen molar-refractivity contribution in [2.24, 2.45) is 0 Å². The van der Waals surface area contributed by atoms with Crippen LogP contribution in [0.1, 0.15) is 17.5 Å². The predicted octanol–water partition coefficient (Wildman–Crippen LogP) is 5.69. The minimum Gasteiger partial charge on any atom is -0.494 e. The molecule has 0 bridgehead atoms. The van der Waals surface area contributed by atoms with E-state index in [1.807, 2.05) is 31.2 Å². The van der Waals surface area contributed by atoms with Crippen LogP contribution in [-0.2, 0) is 11.0 Å². The first-order valence-corrected chi connectivity index (χ1v) is 9.81. The van der Waals surface area contributed by atoms with Gasteiger partial charge in [-0.2, -0.15) is 13.2 Å². The highest BCUT2D eigenvalue weighted by Gasteiger charge is 2.30. The molecule has 8 heteroatoms. The Balaban J connectivity index is 1.62. The second kappa shape index (κ2) is 8.73. The molecule has 1 heterocycles. The van der Waals surface area contributed by atoms with Gasteiger partial charge in [0, 0.05) is 23.2 Å². The number of carbonyl (C=O) groups excluding carboxylic acids is 1. The Hall–Kier alpha value is -2.74. The van der Waals surface area contributed by atoms with Gasteiger partial charge in [0.05, 0.1) is 17.7 Å². The van der Waals surface area contributed by atoms with Crippen molar-refractivity contribution in [3.63, 3.8) is 0 Å². The number of para-hydroxylation sites is 1. The summed E-state index contributed by atoms with van der Waals surface area (Å²) in [4.78, 5) is 16.7. The van der Waals surface area contributed by atoms with Gasteiger partial charge >= 0.3 is 6.18 Å². The third-order valence-corrected chi connectivity index (χ3v) is 5.17. The lowest BCUT2D eigenvalue weighted by molar-refractivity contribution is -0.137. The quantitative estimate of drug-likeness (QED) is 0.521. The predicted molar refractivity (Wildman–Crippen MR) is 108 cm³/mol. The number of thioether (sulfide) groups is 1. The molecule has 0 fully saturated rings. The van der Waals surface area contributed by atoms with Crippen LogP contribution >= 0.6 is 11.8 Å². The van der Waals surface area contributed by atoms with Gasteiger partial charge in [0.2, 0.25) is 5.91 Å². The second-order valence-corrected chi connectivity index (χ2v) is 7.47. The molecule has 0 aliphatic heterocycles. The molecule has 29 heavy (non-hydrogen) atoms. The van der Waals surface area contributed by atoms with Crippen LogP contribution in [0, 0.1) is 6.92 Å². The number of alkyl halides is 3. The Kier molecular flexibility index (Phi) is 6.32. The number of methoxy groups -OCH3 is 1. The van der Waals surface area contributed by atoms with Gasteiger partial charge in [-0.3, -0.25) is 4.79 Å². The Morgan fingerprint density at radius 3 is 2.66 bits per heavy atom. The zero-order valence-electron chi connectivity index (χ0n) is 15.8. The SMILES string of the molecule is COc1cccc2c(C)cc(SCCC(=O)Nc3cccc(C(F)(F)F)c3)nc12. The topological polar surface area (TPSA) is 51.2 Å². The molecule has 0 unspecified atom stereocenters. The minimum absolute atomic E-state index is 0.124. The number of aryl methyl sites for hydroxylation is 1. The molecule has 4 nitrogen and oxygen atoms in total. The first kappa shape index (κ1) is 21.0. The summed E-state index contributed by atoms with van der Waals surface area (Å²) in [6.45, 7) is 1.98. The van der Waals surface area contributed by atoms with Crippen LogP contribution in [0.5, 0.6) is 5.75 Å². The molecule has 1 N–H and O–H groups in total. The first-order chi connectivity index (χ1) is 13.8. The van der Waals surface area contributed by atoms with E-state index in [1.54, 1.807) is 7.11 Å². The van der Waals surface area contributed by atoms with Gasteiger partial charge in [-0.05, 0) is 42.8 Å². The highest BCUT2D eigenvalue weighted by Crippen LogP contribution is 2.31. The summed E-state index contributed by atoms with van der Waals surface area (Å²) in [6.07, 6.45) is -4.30. The third-order valence-electron chi connectivity index (χ3n) is 4.26. The van der Waals surface area contributed by atoms with Crippen molar-refractivity contribution in [1.29, 1.82) is 0 Å². The fourth-order valence-corrected chi connectivity index (χ4v) is 3.76. The Morgan fingerprint density at radius 2 is 1.93 bits per heavy atom. The summed E-state index contributed by atoms with van der Waals surface area (Å²) in [5, 5.41) is 4.26. The Labute approximate surface area is 170 Å². The molecular formula is C21H19F3N2O2S. The summed E-state index contributed by atoms with van der Waals surface area (Å²) in [5.41, 5.74) is 1.13. The number of fused-ring (bicyclic) bond motifs is 1. The highest BCUT2D eigenvalue weighted by molar-refractivity contribution is 7.99. The van der Waals surface area contributed by atoms with E-state index >= 15 is 0 Å². The summed E-state index contributed by atoms with van der Waals surface area (Å²) >= 11 is 1.41. The fraction of sp³-hybridized carbons (Fsp3) is 0.238. The smallest absolute Gasteiger partial charge is 0.416 e. The van der Waals surface area contributed by atoms with Crippen molar-refractivity contribution in [2.75, 3.05) is 18.2 Å². The molecule has 0 atom stereocenters. The number of pyridine rings is 1. The largest absolute Gasteiger partial charge is 0.494 e. The number of benzene rings is 2. The van der Waals surface area contributed by atoms with Crippen LogP contribution < -0.4 is 10.1 Å². The fourth-order valence-electron chi connectivity index (χ4n) is 2.85. The molecule has 0 aliphatic rings. The van der Waals surface area contributed by atoms with Crippen molar-refractivity contribution >= 4 is 34.3 Å². The maximum atomic E-state index is 12.8. The second-order valence-electron chi connectivity index (χ2n) is 6.36. The number of aromatic nitrogens is 1. The van der Waals surface area contributed by atoms with Crippen molar-refractivity contribution < 1.29 is 22.7 Å².